The zero-order valence-corrected chi connectivity index (χ0v) is 15.8. The summed E-state index contributed by atoms with van der Waals surface area (Å²) >= 11 is 0. The average Bonchev–Trinajstić information content (AvgIpc) is 3.23. The van der Waals surface area contributed by atoms with Crippen molar-refractivity contribution in [3.63, 3.8) is 0 Å². The van der Waals surface area contributed by atoms with Crippen LogP contribution in [0, 0.1) is 11.8 Å². The Balaban J connectivity index is 1.52. The maximum atomic E-state index is 10.6. The number of β-amino-alcohol motifs (C(OH)–C–C–N with tert-alkyl or cyclic N) is 1. The van der Waals surface area contributed by atoms with Gasteiger partial charge in [0.15, 0.2) is 0 Å². The molecule has 0 saturated carbocycles. The molecule has 0 amide bonds. The first-order valence-electron chi connectivity index (χ1n) is 10.2. The molecular formula is C23H33NO2. The van der Waals surface area contributed by atoms with Crippen molar-refractivity contribution >= 4 is 0 Å². The van der Waals surface area contributed by atoms with Crippen LogP contribution in [0.2, 0.25) is 0 Å². The van der Waals surface area contributed by atoms with Crippen LogP contribution in [0.1, 0.15) is 43.7 Å². The van der Waals surface area contributed by atoms with Crippen molar-refractivity contribution in [1.82, 2.24) is 5.32 Å². The highest BCUT2D eigenvalue weighted by Gasteiger charge is 2.32. The minimum Gasteiger partial charge on any atom is -0.391 e. The van der Waals surface area contributed by atoms with E-state index in [-0.39, 0.29) is 24.0 Å². The van der Waals surface area contributed by atoms with Gasteiger partial charge >= 0.3 is 0 Å². The normalized spacial score (nSPS) is 27.6. The second kappa shape index (κ2) is 9.50. The summed E-state index contributed by atoms with van der Waals surface area (Å²) in [5.74, 6) is 0.458. The zero-order valence-electron chi connectivity index (χ0n) is 15.8. The minimum absolute atomic E-state index is 0.138. The number of aliphatic hydroxyl groups excluding tert-OH is 2. The molecule has 3 heteroatoms. The van der Waals surface area contributed by atoms with E-state index in [1.54, 1.807) is 0 Å². The van der Waals surface area contributed by atoms with Gasteiger partial charge in [0, 0.05) is 18.5 Å². The Labute approximate surface area is 157 Å². The maximum absolute atomic E-state index is 10.6. The summed E-state index contributed by atoms with van der Waals surface area (Å²) in [5, 5.41) is 24.3. The lowest BCUT2D eigenvalue weighted by atomic mass is 9.92. The summed E-state index contributed by atoms with van der Waals surface area (Å²) < 4.78 is 0. The molecule has 26 heavy (non-hydrogen) atoms. The van der Waals surface area contributed by atoms with Gasteiger partial charge in [-0.1, -0.05) is 68.3 Å². The van der Waals surface area contributed by atoms with Gasteiger partial charge in [0.25, 0.3) is 0 Å². The van der Waals surface area contributed by atoms with Crippen LogP contribution < -0.4 is 5.32 Å². The summed E-state index contributed by atoms with van der Waals surface area (Å²) in [6, 6.07) is 8.63. The number of unbranched alkanes of at least 4 members (excludes halogenated alkanes) is 2. The van der Waals surface area contributed by atoms with Gasteiger partial charge in [-0.3, -0.25) is 0 Å². The van der Waals surface area contributed by atoms with Crippen LogP contribution in [0.4, 0.5) is 0 Å². The first-order chi connectivity index (χ1) is 12.7. The highest BCUT2D eigenvalue weighted by atomic mass is 16.3. The Kier molecular flexibility index (Phi) is 7.07. The Morgan fingerprint density at radius 2 is 1.92 bits per heavy atom. The number of hydrogen-bond donors (Lipinski definition) is 3. The second-order valence-corrected chi connectivity index (χ2v) is 7.83. The van der Waals surface area contributed by atoms with Crippen molar-refractivity contribution in [1.29, 1.82) is 0 Å². The summed E-state index contributed by atoms with van der Waals surface area (Å²) in [6.45, 7) is 2.83. The van der Waals surface area contributed by atoms with Crippen LogP contribution in [-0.4, -0.2) is 35.0 Å². The molecule has 1 aromatic rings. The molecule has 0 bridgehead atoms. The first-order valence-corrected chi connectivity index (χ1v) is 10.2. The summed E-state index contributed by atoms with van der Waals surface area (Å²) in [5.41, 5.74) is 2.74. The van der Waals surface area contributed by atoms with Crippen LogP contribution >= 0.6 is 0 Å². The van der Waals surface area contributed by atoms with E-state index >= 15 is 0 Å². The molecule has 1 aromatic carbocycles. The zero-order chi connectivity index (χ0) is 18.4. The van der Waals surface area contributed by atoms with E-state index in [0.29, 0.717) is 6.54 Å². The molecule has 1 heterocycles. The largest absolute Gasteiger partial charge is 0.391 e. The lowest BCUT2D eigenvalue weighted by molar-refractivity contribution is 0.142. The molecule has 0 unspecified atom stereocenters. The summed E-state index contributed by atoms with van der Waals surface area (Å²) in [7, 11) is 0. The molecule has 1 saturated heterocycles. The molecule has 1 aliphatic carbocycles. The SMILES string of the molecule is CCCC/C=C\C[C@H]1[C@@H](O)CN[C@@H]1/C=C/[C@@H](O)C1Cc2ccccc2C1. The fourth-order valence-corrected chi connectivity index (χ4v) is 4.23. The van der Waals surface area contributed by atoms with E-state index in [0.717, 1.165) is 25.7 Å². The van der Waals surface area contributed by atoms with Crippen LogP contribution in [0.15, 0.2) is 48.6 Å². The van der Waals surface area contributed by atoms with Crippen LogP contribution in [0.3, 0.4) is 0 Å². The fourth-order valence-electron chi connectivity index (χ4n) is 4.23. The topological polar surface area (TPSA) is 52.5 Å². The number of nitrogens with one attached hydrogen (secondary N) is 1. The molecule has 4 atom stereocenters. The molecule has 1 aliphatic heterocycles. The lowest BCUT2D eigenvalue weighted by Crippen LogP contribution is -2.27. The number of aliphatic hydroxyl groups is 2. The molecule has 142 valence electrons. The third kappa shape index (κ3) is 4.85. The van der Waals surface area contributed by atoms with E-state index < -0.39 is 6.10 Å². The molecule has 0 radical (unpaired) electrons. The molecule has 0 spiro atoms. The highest BCUT2D eigenvalue weighted by Crippen LogP contribution is 2.29. The fraction of sp³-hybridized carbons (Fsp3) is 0.565. The molecule has 1 fully saturated rings. The van der Waals surface area contributed by atoms with Crippen molar-refractivity contribution < 1.29 is 10.2 Å². The van der Waals surface area contributed by atoms with Gasteiger partial charge in [-0.25, -0.2) is 0 Å². The Bertz CT molecular complexity index is 599. The minimum atomic E-state index is -0.428. The lowest BCUT2D eigenvalue weighted by Gasteiger charge is -2.19. The van der Waals surface area contributed by atoms with E-state index in [1.165, 1.54) is 24.0 Å². The van der Waals surface area contributed by atoms with Gasteiger partial charge < -0.3 is 15.5 Å². The van der Waals surface area contributed by atoms with Crippen molar-refractivity contribution in [3.05, 3.63) is 59.7 Å². The molecule has 3 nitrogen and oxygen atoms in total. The number of allylic oxidation sites excluding steroid dienone is 2. The van der Waals surface area contributed by atoms with Gasteiger partial charge in [0.05, 0.1) is 12.2 Å². The number of rotatable bonds is 8. The Morgan fingerprint density at radius 1 is 1.19 bits per heavy atom. The van der Waals surface area contributed by atoms with Crippen molar-refractivity contribution in [2.45, 2.75) is 63.7 Å². The van der Waals surface area contributed by atoms with E-state index in [4.69, 9.17) is 0 Å². The molecule has 0 aromatic heterocycles. The number of hydrogen-bond acceptors (Lipinski definition) is 3. The van der Waals surface area contributed by atoms with Crippen molar-refractivity contribution in [2.75, 3.05) is 6.54 Å². The van der Waals surface area contributed by atoms with E-state index in [2.05, 4.69) is 54.7 Å². The van der Waals surface area contributed by atoms with Gasteiger partial charge in [0.1, 0.15) is 0 Å². The molecular weight excluding hydrogens is 322 g/mol. The number of benzene rings is 1. The van der Waals surface area contributed by atoms with Gasteiger partial charge in [-0.15, -0.1) is 0 Å². The van der Waals surface area contributed by atoms with Crippen LogP contribution in [-0.2, 0) is 12.8 Å². The maximum Gasteiger partial charge on any atom is 0.0756 e. The first kappa shape index (κ1) is 19.3. The van der Waals surface area contributed by atoms with Crippen LogP contribution in [0.25, 0.3) is 0 Å². The van der Waals surface area contributed by atoms with Gasteiger partial charge in [-0.2, -0.15) is 0 Å². The van der Waals surface area contributed by atoms with Crippen molar-refractivity contribution in [2.24, 2.45) is 11.8 Å². The van der Waals surface area contributed by atoms with Crippen LogP contribution in [0.5, 0.6) is 0 Å². The standard InChI is InChI=1S/C23H33NO2/c1-2-3-4-5-6-11-20-21(24-16-23(20)26)12-13-22(25)19-14-17-9-7-8-10-18(17)15-19/h5-10,12-13,19-26H,2-4,11,14-16H2,1H3/b6-5-,13-12+/t20-,21-,22-,23+/m1/s1. The second-order valence-electron chi connectivity index (χ2n) is 7.83. The van der Waals surface area contributed by atoms with Gasteiger partial charge in [-0.05, 0) is 42.7 Å². The molecule has 3 rings (SSSR count). The quantitative estimate of drug-likeness (QED) is 0.495. The highest BCUT2D eigenvalue weighted by molar-refractivity contribution is 5.33. The summed E-state index contributed by atoms with van der Waals surface area (Å²) in [4.78, 5) is 0. The van der Waals surface area contributed by atoms with E-state index in [9.17, 15) is 10.2 Å². The van der Waals surface area contributed by atoms with Crippen molar-refractivity contribution in [3.8, 4) is 0 Å². The Hall–Kier alpha value is -1.42. The predicted octanol–water partition coefficient (Wildman–Crippen LogP) is 3.40. The molecule has 3 N–H and O–H groups in total. The summed E-state index contributed by atoms with van der Waals surface area (Å²) in [6.07, 6.45) is 14.1. The monoisotopic (exact) mass is 355 g/mol. The average molecular weight is 356 g/mol. The Morgan fingerprint density at radius 3 is 2.62 bits per heavy atom. The van der Waals surface area contributed by atoms with Gasteiger partial charge in [0.2, 0.25) is 0 Å². The molecule has 2 aliphatic rings. The third-order valence-corrected chi connectivity index (χ3v) is 5.90. The smallest absolute Gasteiger partial charge is 0.0756 e. The van der Waals surface area contributed by atoms with E-state index in [1.807, 2.05) is 6.08 Å². The third-order valence-electron chi connectivity index (χ3n) is 5.90. The predicted molar refractivity (Wildman–Crippen MR) is 107 cm³/mol. The number of fused-ring (bicyclic) bond motifs is 1.